The van der Waals surface area contributed by atoms with Gasteiger partial charge in [0.25, 0.3) is 5.91 Å². The third kappa shape index (κ3) is 3.18. The van der Waals surface area contributed by atoms with Gasteiger partial charge in [0.15, 0.2) is 0 Å². The maximum absolute atomic E-state index is 12.6. The predicted octanol–water partition coefficient (Wildman–Crippen LogP) is 3.09. The average Bonchev–Trinajstić information content (AvgIpc) is 3.12. The fourth-order valence-corrected chi connectivity index (χ4v) is 2.98. The Hall–Kier alpha value is -0.870. The van der Waals surface area contributed by atoms with Gasteiger partial charge in [-0.2, -0.15) is 0 Å². The highest BCUT2D eigenvalue weighted by Gasteiger charge is 2.35. The van der Waals surface area contributed by atoms with Crippen molar-refractivity contribution < 1.29 is 9.53 Å². The average molecular weight is 324 g/mol. The molecular formula is C15H18BrNO2. The van der Waals surface area contributed by atoms with E-state index in [-0.39, 0.29) is 5.91 Å². The third-order valence-electron chi connectivity index (χ3n) is 3.80. The fourth-order valence-electron chi connectivity index (χ4n) is 2.58. The minimum atomic E-state index is 0.163. The van der Waals surface area contributed by atoms with Crippen LogP contribution in [0.1, 0.15) is 29.6 Å². The van der Waals surface area contributed by atoms with E-state index in [2.05, 4.69) is 20.8 Å². The minimum Gasteiger partial charge on any atom is -0.381 e. The molecule has 1 atom stereocenters. The lowest BCUT2D eigenvalue weighted by molar-refractivity contribution is 0.0706. The quantitative estimate of drug-likeness (QED) is 0.852. The Kier molecular flexibility index (Phi) is 3.89. The third-order valence-corrected chi connectivity index (χ3v) is 4.29. The molecule has 1 aromatic rings. The van der Waals surface area contributed by atoms with Crippen molar-refractivity contribution in [3.8, 4) is 0 Å². The zero-order chi connectivity index (χ0) is 13.2. The van der Waals surface area contributed by atoms with Gasteiger partial charge < -0.3 is 9.64 Å². The van der Waals surface area contributed by atoms with Gasteiger partial charge in [0, 0.05) is 35.1 Å². The van der Waals surface area contributed by atoms with Crippen LogP contribution < -0.4 is 0 Å². The van der Waals surface area contributed by atoms with Crippen LogP contribution in [0.25, 0.3) is 0 Å². The van der Waals surface area contributed by atoms with Gasteiger partial charge in [0.1, 0.15) is 0 Å². The Morgan fingerprint density at radius 3 is 2.84 bits per heavy atom. The Bertz CT molecular complexity index is 467. The van der Waals surface area contributed by atoms with Crippen molar-refractivity contribution in [2.24, 2.45) is 5.92 Å². The first kappa shape index (κ1) is 13.1. The van der Waals surface area contributed by atoms with E-state index in [0.29, 0.717) is 12.0 Å². The summed E-state index contributed by atoms with van der Waals surface area (Å²) in [6.45, 7) is 2.49. The van der Waals surface area contributed by atoms with Gasteiger partial charge in [-0.25, -0.2) is 0 Å². The minimum absolute atomic E-state index is 0.163. The lowest BCUT2D eigenvalue weighted by Crippen LogP contribution is -2.37. The monoisotopic (exact) mass is 323 g/mol. The van der Waals surface area contributed by atoms with Crippen LogP contribution in [0, 0.1) is 5.92 Å². The topological polar surface area (TPSA) is 29.5 Å². The second-order valence-electron chi connectivity index (χ2n) is 5.43. The molecule has 3 nitrogen and oxygen atoms in total. The van der Waals surface area contributed by atoms with Crippen LogP contribution in [0.5, 0.6) is 0 Å². The Morgan fingerprint density at radius 1 is 1.37 bits per heavy atom. The van der Waals surface area contributed by atoms with Crippen LogP contribution in [0.2, 0.25) is 0 Å². The number of halogens is 1. The van der Waals surface area contributed by atoms with Crippen molar-refractivity contribution >= 4 is 21.8 Å². The van der Waals surface area contributed by atoms with Crippen LogP contribution in [-0.4, -0.2) is 36.6 Å². The number of ether oxygens (including phenoxy) is 1. The summed E-state index contributed by atoms with van der Waals surface area (Å²) in [7, 11) is 0. The molecule has 2 fully saturated rings. The molecular weight excluding hydrogens is 306 g/mol. The standard InChI is InChI=1S/C15H18BrNO2/c16-13-3-1-2-12(8-13)15(18)17(14-4-5-14)9-11-6-7-19-10-11/h1-3,8,11,14H,4-7,9-10H2/t11-/m1/s1. The second-order valence-corrected chi connectivity index (χ2v) is 6.34. The van der Waals surface area contributed by atoms with E-state index < -0.39 is 0 Å². The van der Waals surface area contributed by atoms with E-state index in [0.717, 1.165) is 49.1 Å². The molecule has 0 N–H and O–H groups in total. The SMILES string of the molecule is O=C(c1cccc(Br)c1)N(C[C@H]1CCOC1)C1CC1. The maximum Gasteiger partial charge on any atom is 0.254 e. The van der Waals surface area contributed by atoms with Crippen molar-refractivity contribution in [2.75, 3.05) is 19.8 Å². The summed E-state index contributed by atoms with van der Waals surface area (Å²) in [5, 5.41) is 0. The summed E-state index contributed by atoms with van der Waals surface area (Å²) in [6.07, 6.45) is 3.37. The van der Waals surface area contributed by atoms with Gasteiger partial charge in [-0.3, -0.25) is 4.79 Å². The maximum atomic E-state index is 12.6. The normalized spacial score (nSPS) is 22.5. The second kappa shape index (κ2) is 5.63. The van der Waals surface area contributed by atoms with Crippen molar-refractivity contribution in [3.05, 3.63) is 34.3 Å². The molecule has 1 saturated heterocycles. The number of carbonyl (C=O) groups excluding carboxylic acids is 1. The van der Waals surface area contributed by atoms with Crippen LogP contribution >= 0.6 is 15.9 Å². The summed E-state index contributed by atoms with van der Waals surface area (Å²) in [5.41, 5.74) is 0.778. The molecule has 3 rings (SSSR count). The van der Waals surface area contributed by atoms with Gasteiger partial charge >= 0.3 is 0 Å². The fraction of sp³-hybridized carbons (Fsp3) is 0.533. The highest BCUT2D eigenvalue weighted by Crippen LogP contribution is 2.30. The lowest BCUT2D eigenvalue weighted by Gasteiger charge is -2.25. The summed E-state index contributed by atoms with van der Waals surface area (Å²) in [4.78, 5) is 14.7. The summed E-state index contributed by atoms with van der Waals surface area (Å²) in [5.74, 6) is 0.674. The van der Waals surface area contributed by atoms with E-state index in [1.807, 2.05) is 24.3 Å². The van der Waals surface area contributed by atoms with E-state index in [1.165, 1.54) is 0 Å². The molecule has 1 aliphatic heterocycles. The van der Waals surface area contributed by atoms with Gasteiger partial charge in [-0.15, -0.1) is 0 Å². The van der Waals surface area contributed by atoms with Crippen molar-refractivity contribution in [1.29, 1.82) is 0 Å². The van der Waals surface area contributed by atoms with E-state index in [1.54, 1.807) is 0 Å². The predicted molar refractivity (Wildman–Crippen MR) is 77.1 cm³/mol. The van der Waals surface area contributed by atoms with Crippen LogP contribution in [-0.2, 0) is 4.74 Å². The summed E-state index contributed by atoms with van der Waals surface area (Å²) < 4.78 is 6.37. The number of benzene rings is 1. The molecule has 0 radical (unpaired) electrons. The van der Waals surface area contributed by atoms with Crippen molar-refractivity contribution in [2.45, 2.75) is 25.3 Å². The van der Waals surface area contributed by atoms with Gasteiger partial charge in [0.05, 0.1) is 6.61 Å². The van der Waals surface area contributed by atoms with Crippen LogP contribution in [0.3, 0.4) is 0 Å². The summed E-state index contributed by atoms with van der Waals surface area (Å²) >= 11 is 3.43. The zero-order valence-corrected chi connectivity index (χ0v) is 12.4. The van der Waals surface area contributed by atoms with E-state index >= 15 is 0 Å². The number of hydrogen-bond donors (Lipinski definition) is 0. The molecule has 102 valence electrons. The number of carbonyl (C=O) groups is 1. The van der Waals surface area contributed by atoms with E-state index in [9.17, 15) is 4.79 Å². The molecule has 0 bridgehead atoms. The molecule has 1 heterocycles. The lowest BCUT2D eigenvalue weighted by atomic mass is 10.1. The molecule has 4 heteroatoms. The molecule has 1 amide bonds. The van der Waals surface area contributed by atoms with E-state index in [4.69, 9.17) is 4.74 Å². The number of rotatable bonds is 4. The van der Waals surface area contributed by atoms with Gasteiger partial charge in [0.2, 0.25) is 0 Å². The molecule has 0 unspecified atom stereocenters. The highest BCUT2D eigenvalue weighted by molar-refractivity contribution is 9.10. The molecule has 2 aliphatic rings. The van der Waals surface area contributed by atoms with Crippen LogP contribution in [0.4, 0.5) is 0 Å². The molecule has 1 aromatic carbocycles. The molecule has 19 heavy (non-hydrogen) atoms. The van der Waals surface area contributed by atoms with Crippen LogP contribution in [0.15, 0.2) is 28.7 Å². The first-order chi connectivity index (χ1) is 9.24. The smallest absolute Gasteiger partial charge is 0.254 e. The number of amides is 1. The molecule has 1 saturated carbocycles. The largest absolute Gasteiger partial charge is 0.381 e. The first-order valence-electron chi connectivity index (χ1n) is 6.88. The zero-order valence-electron chi connectivity index (χ0n) is 10.8. The Labute approximate surface area is 122 Å². The first-order valence-corrected chi connectivity index (χ1v) is 7.67. The molecule has 0 spiro atoms. The highest BCUT2D eigenvalue weighted by atomic mass is 79.9. The Morgan fingerprint density at radius 2 is 2.21 bits per heavy atom. The molecule has 0 aromatic heterocycles. The van der Waals surface area contributed by atoms with Crippen molar-refractivity contribution in [1.82, 2.24) is 4.90 Å². The van der Waals surface area contributed by atoms with Gasteiger partial charge in [-0.1, -0.05) is 22.0 Å². The Balaban J connectivity index is 1.73. The number of hydrogen-bond acceptors (Lipinski definition) is 2. The van der Waals surface area contributed by atoms with Gasteiger partial charge in [-0.05, 0) is 37.5 Å². The number of nitrogens with zero attached hydrogens (tertiary/aromatic N) is 1. The summed E-state index contributed by atoms with van der Waals surface area (Å²) in [6, 6.07) is 8.12. The molecule has 1 aliphatic carbocycles. The van der Waals surface area contributed by atoms with Crippen molar-refractivity contribution in [3.63, 3.8) is 0 Å².